The average Bonchev–Trinajstić information content (AvgIpc) is 3.41. The Morgan fingerprint density at radius 3 is 2.32 bits per heavy atom. The zero-order valence-electron chi connectivity index (χ0n) is 16.1. The highest BCUT2D eigenvalue weighted by atomic mass is 35.5. The largest absolute Gasteiger partial charge is 0.462 e. The Balaban J connectivity index is 1.69. The molecule has 0 unspecified atom stereocenters. The molecule has 0 saturated heterocycles. The molecule has 0 atom stereocenters. The molecule has 1 N–H and O–H groups in total. The van der Waals surface area contributed by atoms with E-state index in [-0.39, 0.29) is 12.3 Å². The summed E-state index contributed by atoms with van der Waals surface area (Å²) in [5, 5.41) is 0.595. The number of nitrogens with one attached hydrogen (secondary N) is 1. The number of benzene rings is 1. The predicted molar refractivity (Wildman–Crippen MR) is 104 cm³/mol. The first-order valence-electron chi connectivity index (χ1n) is 9.13. The van der Waals surface area contributed by atoms with Crippen molar-refractivity contribution in [1.82, 2.24) is 4.98 Å². The van der Waals surface area contributed by atoms with Crippen LogP contribution in [0.5, 0.6) is 0 Å². The minimum atomic E-state index is -0.693. The summed E-state index contributed by atoms with van der Waals surface area (Å²) in [7, 11) is 0. The number of aromatic nitrogens is 1. The molecule has 1 aromatic heterocycles. The zero-order chi connectivity index (χ0) is 20.5. The van der Waals surface area contributed by atoms with Crippen LogP contribution in [-0.2, 0) is 19.7 Å². The van der Waals surface area contributed by atoms with E-state index in [0.717, 1.165) is 5.56 Å². The van der Waals surface area contributed by atoms with Crippen molar-refractivity contribution < 1.29 is 23.9 Å². The molecule has 3 rings (SSSR count). The Hall–Kier alpha value is -2.60. The van der Waals surface area contributed by atoms with Crippen LogP contribution in [0, 0.1) is 13.8 Å². The molecule has 1 aliphatic carbocycles. The Morgan fingerprint density at radius 1 is 1.11 bits per heavy atom. The van der Waals surface area contributed by atoms with Gasteiger partial charge in [0.05, 0.1) is 23.3 Å². The van der Waals surface area contributed by atoms with Crippen LogP contribution in [0.2, 0.25) is 5.02 Å². The highest BCUT2D eigenvalue weighted by Gasteiger charge is 2.52. The molecule has 1 aliphatic rings. The van der Waals surface area contributed by atoms with E-state index in [0.29, 0.717) is 34.7 Å². The summed E-state index contributed by atoms with van der Waals surface area (Å²) in [6.07, 6.45) is 1.35. The molecule has 1 fully saturated rings. The zero-order valence-corrected chi connectivity index (χ0v) is 16.8. The van der Waals surface area contributed by atoms with E-state index < -0.39 is 29.7 Å². The van der Waals surface area contributed by atoms with Crippen molar-refractivity contribution in [2.45, 2.75) is 39.0 Å². The molecule has 2 aromatic rings. The van der Waals surface area contributed by atoms with Crippen LogP contribution in [0.15, 0.2) is 24.3 Å². The number of aryl methyl sites for hydroxylation is 1. The van der Waals surface area contributed by atoms with Crippen LogP contribution in [0.4, 0.5) is 0 Å². The Kier molecular flexibility index (Phi) is 5.61. The number of aromatic amines is 1. The molecule has 0 amide bonds. The molecule has 0 aliphatic heterocycles. The number of rotatable bonds is 7. The minimum absolute atomic E-state index is 0.247. The standard InChI is InChI=1S/C21H22ClNO5/c1-4-27-19(25)17-12(2)18(23-13(17)3)16(24)11-28-20(26)21(9-10-21)14-5-7-15(22)8-6-14/h5-8,23H,4,9-11H2,1-3H3. The van der Waals surface area contributed by atoms with Crippen molar-refractivity contribution in [3.63, 3.8) is 0 Å². The highest BCUT2D eigenvalue weighted by molar-refractivity contribution is 6.30. The van der Waals surface area contributed by atoms with Gasteiger partial charge in [-0.2, -0.15) is 0 Å². The first-order valence-corrected chi connectivity index (χ1v) is 9.50. The molecule has 1 heterocycles. The molecular formula is C21H22ClNO5. The van der Waals surface area contributed by atoms with Gasteiger partial charge in [-0.15, -0.1) is 0 Å². The third-order valence-corrected chi connectivity index (χ3v) is 5.32. The fourth-order valence-electron chi connectivity index (χ4n) is 3.38. The van der Waals surface area contributed by atoms with Crippen molar-refractivity contribution in [3.05, 3.63) is 57.4 Å². The lowest BCUT2D eigenvalue weighted by molar-refractivity contribution is -0.145. The van der Waals surface area contributed by atoms with E-state index in [4.69, 9.17) is 21.1 Å². The summed E-state index contributed by atoms with van der Waals surface area (Å²) >= 11 is 5.91. The summed E-state index contributed by atoms with van der Waals surface area (Å²) in [5.41, 5.74) is 1.79. The van der Waals surface area contributed by atoms with Crippen LogP contribution in [0.1, 0.15) is 57.4 Å². The van der Waals surface area contributed by atoms with E-state index in [2.05, 4.69) is 4.98 Å². The van der Waals surface area contributed by atoms with Gasteiger partial charge in [0.25, 0.3) is 0 Å². The fraction of sp³-hybridized carbons (Fsp3) is 0.381. The number of H-pyrrole nitrogens is 1. The summed E-state index contributed by atoms with van der Waals surface area (Å²) in [4.78, 5) is 40.1. The van der Waals surface area contributed by atoms with Crippen molar-refractivity contribution in [2.75, 3.05) is 13.2 Å². The highest BCUT2D eigenvalue weighted by Crippen LogP contribution is 2.49. The van der Waals surface area contributed by atoms with Gasteiger partial charge >= 0.3 is 11.9 Å². The molecule has 148 valence electrons. The van der Waals surface area contributed by atoms with E-state index in [1.165, 1.54) is 0 Å². The van der Waals surface area contributed by atoms with Gasteiger partial charge in [-0.05, 0) is 56.9 Å². The van der Waals surface area contributed by atoms with Crippen LogP contribution in [0.3, 0.4) is 0 Å². The molecule has 0 bridgehead atoms. The smallest absolute Gasteiger partial charge is 0.340 e. The molecule has 28 heavy (non-hydrogen) atoms. The molecule has 0 spiro atoms. The van der Waals surface area contributed by atoms with Crippen LogP contribution < -0.4 is 0 Å². The van der Waals surface area contributed by atoms with Gasteiger partial charge < -0.3 is 14.5 Å². The normalized spacial score (nSPS) is 14.4. The summed E-state index contributed by atoms with van der Waals surface area (Å²) in [6.45, 7) is 4.94. The number of ether oxygens (including phenoxy) is 2. The Morgan fingerprint density at radius 2 is 1.75 bits per heavy atom. The van der Waals surface area contributed by atoms with Gasteiger partial charge in [0.15, 0.2) is 6.61 Å². The van der Waals surface area contributed by atoms with E-state index in [1.54, 1.807) is 32.9 Å². The van der Waals surface area contributed by atoms with Gasteiger partial charge in [0, 0.05) is 10.7 Å². The fourth-order valence-corrected chi connectivity index (χ4v) is 3.51. The number of esters is 2. The van der Waals surface area contributed by atoms with Crippen molar-refractivity contribution in [1.29, 1.82) is 0 Å². The molecule has 0 radical (unpaired) electrons. The van der Waals surface area contributed by atoms with Gasteiger partial charge in [-0.25, -0.2) is 4.79 Å². The second-order valence-electron chi connectivity index (χ2n) is 6.93. The number of halogens is 1. The number of carbonyl (C=O) groups excluding carboxylic acids is 3. The number of carbonyl (C=O) groups is 3. The molecule has 1 saturated carbocycles. The number of hydrogen-bond donors (Lipinski definition) is 1. The SMILES string of the molecule is CCOC(=O)c1c(C)[nH]c(C(=O)COC(=O)C2(c3ccc(Cl)cc3)CC2)c1C. The van der Waals surface area contributed by atoms with E-state index in [1.807, 2.05) is 12.1 Å². The van der Waals surface area contributed by atoms with E-state index in [9.17, 15) is 14.4 Å². The predicted octanol–water partition coefficient (Wildman–Crippen LogP) is 3.92. The first kappa shape index (κ1) is 20.1. The van der Waals surface area contributed by atoms with Crippen molar-refractivity contribution in [2.24, 2.45) is 0 Å². The van der Waals surface area contributed by atoms with Gasteiger partial charge in [-0.3, -0.25) is 9.59 Å². The average molecular weight is 404 g/mol. The quantitative estimate of drug-likeness (QED) is 0.559. The lowest BCUT2D eigenvalue weighted by atomic mass is 9.96. The van der Waals surface area contributed by atoms with Crippen LogP contribution >= 0.6 is 11.6 Å². The Bertz CT molecular complexity index is 925. The maximum atomic E-state index is 12.6. The number of hydrogen-bond acceptors (Lipinski definition) is 5. The Labute approximate surface area is 168 Å². The van der Waals surface area contributed by atoms with Gasteiger partial charge in [0.1, 0.15) is 0 Å². The third kappa shape index (κ3) is 3.69. The second-order valence-corrected chi connectivity index (χ2v) is 7.37. The van der Waals surface area contributed by atoms with Crippen molar-refractivity contribution in [3.8, 4) is 0 Å². The van der Waals surface area contributed by atoms with Gasteiger partial charge in [0.2, 0.25) is 5.78 Å². The number of Topliss-reactive ketones (excluding diaryl/α,β-unsaturated/α-hetero) is 1. The molecule has 6 nitrogen and oxygen atoms in total. The van der Waals surface area contributed by atoms with Gasteiger partial charge in [-0.1, -0.05) is 23.7 Å². The lowest BCUT2D eigenvalue weighted by Crippen LogP contribution is -2.26. The van der Waals surface area contributed by atoms with Crippen molar-refractivity contribution >= 4 is 29.3 Å². The summed E-state index contributed by atoms with van der Waals surface area (Å²) in [6, 6.07) is 7.08. The third-order valence-electron chi connectivity index (χ3n) is 5.07. The molecule has 1 aromatic carbocycles. The summed E-state index contributed by atoms with van der Waals surface area (Å²) < 4.78 is 10.4. The summed E-state index contributed by atoms with van der Waals surface area (Å²) in [5.74, 6) is -1.30. The first-order chi connectivity index (χ1) is 13.3. The number of ketones is 1. The second kappa shape index (κ2) is 7.80. The lowest BCUT2D eigenvalue weighted by Gasteiger charge is -2.14. The van der Waals surface area contributed by atoms with Crippen LogP contribution in [0.25, 0.3) is 0 Å². The monoisotopic (exact) mass is 403 g/mol. The van der Waals surface area contributed by atoms with Crippen LogP contribution in [-0.4, -0.2) is 35.9 Å². The minimum Gasteiger partial charge on any atom is -0.462 e. The maximum Gasteiger partial charge on any atom is 0.340 e. The topological polar surface area (TPSA) is 85.5 Å². The maximum absolute atomic E-state index is 12.6. The van der Waals surface area contributed by atoms with E-state index >= 15 is 0 Å². The molecule has 7 heteroatoms. The molecular weight excluding hydrogens is 382 g/mol.